The Morgan fingerprint density at radius 1 is 1.26 bits per heavy atom. The summed E-state index contributed by atoms with van der Waals surface area (Å²) in [5, 5.41) is 0. The molecule has 0 aliphatic heterocycles. The van der Waals surface area contributed by atoms with E-state index in [0.717, 1.165) is 22.7 Å². The Balaban J connectivity index is 2.13. The van der Waals surface area contributed by atoms with E-state index in [9.17, 15) is 0 Å². The molecular formula is C14H15ClN4. The van der Waals surface area contributed by atoms with Crippen molar-refractivity contribution in [2.24, 2.45) is 7.05 Å². The molecule has 0 aliphatic rings. The number of aryl methyl sites for hydroxylation is 2. The van der Waals surface area contributed by atoms with Gasteiger partial charge in [-0.3, -0.25) is 0 Å². The van der Waals surface area contributed by atoms with Crippen LogP contribution in [0.4, 0.5) is 0 Å². The van der Waals surface area contributed by atoms with E-state index in [1.807, 2.05) is 17.8 Å². The smallest absolute Gasteiger partial charge is 0.128 e. The zero-order chi connectivity index (χ0) is 13.4. The Kier molecular flexibility index (Phi) is 3.03. The molecule has 0 fully saturated rings. The summed E-state index contributed by atoms with van der Waals surface area (Å²) < 4.78 is 4.14. The van der Waals surface area contributed by atoms with Gasteiger partial charge >= 0.3 is 0 Å². The van der Waals surface area contributed by atoms with Gasteiger partial charge in [-0.1, -0.05) is 6.07 Å². The van der Waals surface area contributed by atoms with Crippen LogP contribution in [0.1, 0.15) is 17.2 Å². The van der Waals surface area contributed by atoms with Crippen LogP contribution >= 0.6 is 11.6 Å². The number of hydrogen-bond acceptors (Lipinski definition) is 2. The molecule has 4 nitrogen and oxygen atoms in total. The first-order valence-electron chi connectivity index (χ1n) is 6.17. The normalized spacial score (nSPS) is 11.3. The van der Waals surface area contributed by atoms with Gasteiger partial charge < -0.3 is 9.13 Å². The first-order valence-corrected chi connectivity index (χ1v) is 6.70. The standard InChI is InChI=1S/C14H15ClN4/c1-10-3-4-12-11(7-10)17-13(8-15)19(12)9-14-16-5-6-18(14)2/h3-7H,8-9H2,1-2H3. The fourth-order valence-electron chi connectivity index (χ4n) is 2.26. The zero-order valence-electron chi connectivity index (χ0n) is 11.0. The van der Waals surface area contributed by atoms with Crippen molar-refractivity contribution < 1.29 is 0 Å². The molecular weight excluding hydrogens is 260 g/mol. The van der Waals surface area contributed by atoms with E-state index in [1.165, 1.54) is 5.56 Å². The number of aromatic nitrogens is 4. The fraction of sp³-hybridized carbons (Fsp3) is 0.286. The van der Waals surface area contributed by atoms with Gasteiger partial charge in [0.05, 0.1) is 23.5 Å². The summed E-state index contributed by atoms with van der Waals surface area (Å²) in [7, 11) is 1.99. The molecule has 0 N–H and O–H groups in total. The average Bonchev–Trinajstić information content (AvgIpc) is 2.94. The molecule has 3 rings (SSSR count). The van der Waals surface area contributed by atoms with Crippen LogP contribution in [0.2, 0.25) is 0 Å². The third-order valence-electron chi connectivity index (χ3n) is 3.32. The average molecular weight is 275 g/mol. The van der Waals surface area contributed by atoms with E-state index in [0.29, 0.717) is 12.4 Å². The highest BCUT2D eigenvalue weighted by Crippen LogP contribution is 2.20. The molecule has 1 aromatic carbocycles. The van der Waals surface area contributed by atoms with Crippen molar-refractivity contribution in [3.05, 3.63) is 47.8 Å². The van der Waals surface area contributed by atoms with Gasteiger partial charge in [-0.05, 0) is 24.6 Å². The lowest BCUT2D eigenvalue weighted by Crippen LogP contribution is -2.08. The van der Waals surface area contributed by atoms with E-state index in [2.05, 4.69) is 39.7 Å². The minimum atomic E-state index is 0.401. The van der Waals surface area contributed by atoms with E-state index >= 15 is 0 Å². The molecule has 0 unspecified atom stereocenters. The number of benzene rings is 1. The summed E-state index contributed by atoms with van der Waals surface area (Å²) in [5.41, 5.74) is 3.30. The minimum absolute atomic E-state index is 0.401. The van der Waals surface area contributed by atoms with Crippen molar-refractivity contribution in [3.63, 3.8) is 0 Å². The van der Waals surface area contributed by atoms with Crippen molar-refractivity contribution in [1.82, 2.24) is 19.1 Å². The van der Waals surface area contributed by atoms with Crippen molar-refractivity contribution in [2.75, 3.05) is 0 Å². The van der Waals surface area contributed by atoms with Gasteiger partial charge in [0, 0.05) is 19.4 Å². The maximum atomic E-state index is 6.01. The summed E-state index contributed by atoms with van der Waals surface area (Å²) in [5.74, 6) is 2.27. The highest BCUT2D eigenvalue weighted by molar-refractivity contribution is 6.16. The van der Waals surface area contributed by atoms with Crippen LogP contribution < -0.4 is 0 Å². The van der Waals surface area contributed by atoms with Gasteiger partial charge in [0.25, 0.3) is 0 Å². The third kappa shape index (κ3) is 2.12. The summed E-state index contributed by atoms with van der Waals surface area (Å²) in [4.78, 5) is 8.96. The number of alkyl halides is 1. The second-order valence-corrected chi connectivity index (χ2v) is 4.96. The van der Waals surface area contributed by atoms with Gasteiger partial charge in [-0.2, -0.15) is 0 Å². The van der Waals surface area contributed by atoms with Crippen molar-refractivity contribution in [3.8, 4) is 0 Å². The molecule has 2 aromatic heterocycles. The largest absolute Gasteiger partial charge is 0.337 e. The van der Waals surface area contributed by atoms with Gasteiger partial charge in [0.15, 0.2) is 0 Å². The maximum absolute atomic E-state index is 6.01. The van der Waals surface area contributed by atoms with Crippen LogP contribution in [0.5, 0.6) is 0 Å². The van der Waals surface area contributed by atoms with Crippen LogP contribution in [0, 0.1) is 6.92 Å². The first kappa shape index (κ1) is 12.2. The Bertz CT molecular complexity index is 726. The quantitative estimate of drug-likeness (QED) is 0.689. The highest BCUT2D eigenvalue weighted by atomic mass is 35.5. The van der Waals surface area contributed by atoms with E-state index < -0.39 is 0 Å². The first-order chi connectivity index (χ1) is 9.19. The third-order valence-corrected chi connectivity index (χ3v) is 3.56. The fourth-order valence-corrected chi connectivity index (χ4v) is 2.46. The SMILES string of the molecule is Cc1ccc2c(c1)nc(CCl)n2Cc1nccn1C. The molecule has 19 heavy (non-hydrogen) atoms. The Labute approximate surface area is 116 Å². The van der Waals surface area contributed by atoms with Gasteiger partial charge in [0.1, 0.15) is 11.6 Å². The molecule has 0 amide bonds. The zero-order valence-corrected chi connectivity index (χ0v) is 11.7. The topological polar surface area (TPSA) is 35.6 Å². The maximum Gasteiger partial charge on any atom is 0.128 e. The molecule has 0 bridgehead atoms. The van der Waals surface area contributed by atoms with Crippen LogP contribution in [0.3, 0.4) is 0 Å². The molecule has 0 radical (unpaired) electrons. The van der Waals surface area contributed by atoms with Crippen molar-refractivity contribution in [1.29, 1.82) is 0 Å². The highest BCUT2D eigenvalue weighted by Gasteiger charge is 2.12. The number of halogens is 1. The lowest BCUT2D eigenvalue weighted by atomic mass is 10.2. The van der Waals surface area contributed by atoms with Crippen LogP contribution in [0.25, 0.3) is 11.0 Å². The van der Waals surface area contributed by atoms with Crippen molar-refractivity contribution in [2.45, 2.75) is 19.3 Å². The molecule has 0 saturated heterocycles. The number of fused-ring (bicyclic) bond motifs is 1. The van der Waals surface area contributed by atoms with E-state index in [4.69, 9.17) is 11.6 Å². The molecule has 98 valence electrons. The second kappa shape index (κ2) is 4.70. The molecule has 0 atom stereocenters. The monoisotopic (exact) mass is 274 g/mol. The predicted octanol–water partition coefficient (Wildman–Crippen LogP) is 2.87. The summed E-state index contributed by atoms with van der Waals surface area (Å²) in [6.07, 6.45) is 3.75. The Hall–Kier alpha value is -1.81. The number of rotatable bonds is 3. The number of nitrogens with zero attached hydrogens (tertiary/aromatic N) is 4. The van der Waals surface area contributed by atoms with Crippen molar-refractivity contribution >= 4 is 22.6 Å². The van der Waals surface area contributed by atoms with E-state index in [1.54, 1.807) is 6.20 Å². The van der Waals surface area contributed by atoms with E-state index in [-0.39, 0.29) is 0 Å². The van der Waals surface area contributed by atoms with Gasteiger partial charge in [0.2, 0.25) is 0 Å². The second-order valence-electron chi connectivity index (χ2n) is 4.69. The molecule has 5 heteroatoms. The lowest BCUT2D eigenvalue weighted by molar-refractivity contribution is 0.693. The summed E-state index contributed by atoms with van der Waals surface area (Å²) in [6.45, 7) is 2.75. The molecule has 2 heterocycles. The molecule has 3 aromatic rings. The van der Waals surface area contributed by atoms with Gasteiger partial charge in [-0.25, -0.2) is 9.97 Å². The molecule has 0 aliphatic carbocycles. The Morgan fingerprint density at radius 3 is 2.79 bits per heavy atom. The lowest BCUT2D eigenvalue weighted by Gasteiger charge is -2.07. The van der Waals surface area contributed by atoms with Crippen LogP contribution in [0.15, 0.2) is 30.6 Å². The Morgan fingerprint density at radius 2 is 2.11 bits per heavy atom. The van der Waals surface area contributed by atoms with Gasteiger partial charge in [-0.15, -0.1) is 11.6 Å². The molecule has 0 saturated carbocycles. The summed E-state index contributed by atoms with van der Waals surface area (Å²) in [6, 6.07) is 6.27. The summed E-state index contributed by atoms with van der Waals surface area (Å²) >= 11 is 6.01. The number of imidazole rings is 2. The number of hydrogen-bond donors (Lipinski definition) is 0. The predicted molar refractivity (Wildman–Crippen MR) is 76.3 cm³/mol. The minimum Gasteiger partial charge on any atom is -0.337 e. The van der Waals surface area contributed by atoms with Crippen LogP contribution in [-0.2, 0) is 19.5 Å². The molecule has 0 spiro atoms. The van der Waals surface area contributed by atoms with Crippen LogP contribution in [-0.4, -0.2) is 19.1 Å².